The van der Waals surface area contributed by atoms with E-state index in [9.17, 15) is 19.5 Å². The average molecular weight is 615 g/mol. The molecule has 4 heterocycles. The highest BCUT2D eigenvalue weighted by atomic mass is 32.2. The van der Waals surface area contributed by atoms with Gasteiger partial charge in [0, 0.05) is 48.5 Å². The van der Waals surface area contributed by atoms with Gasteiger partial charge in [-0.15, -0.1) is 0 Å². The molecule has 11 nitrogen and oxygen atoms in total. The highest BCUT2D eigenvalue weighted by Crippen LogP contribution is 2.49. The van der Waals surface area contributed by atoms with Gasteiger partial charge in [0.1, 0.15) is 12.4 Å². The maximum Gasteiger partial charge on any atom is 0.375 e. The quantitative estimate of drug-likeness (QED) is 0.304. The van der Waals surface area contributed by atoms with Crippen molar-refractivity contribution >= 4 is 29.5 Å². The van der Waals surface area contributed by atoms with E-state index in [1.165, 1.54) is 24.2 Å². The number of cyclic esters (lactones) is 1. The van der Waals surface area contributed by atoms with E-state index in [-0.39, 0.29) is 49.0 Å². The normalized spacial score (nSPS) is 25.0. The molecule has 4 aliphatic rings. The first-order valence-electron chi connectivity index (χ1n) is 14.2. The van der Waals surface area contributed by atoms with Crippen molar-refractivity contribution in [2.24, 2.45) is 0 Å². The maximum atomic E-state index is 12.0. The summed E-state index contributed by atoms with van der Waals surface area (Å²) in [6.45, 7) is 8.46. The number of ether oxygens (including phenoxy) is 5. The number of Topliss-reactive ketones (excluding diaryl/α,β-unsaturated/α-hetero) is 1. The lowest BCUT2D eigenvalue weighted by atomic mass is 9.80. The molecule has 0 radical (unpaired) electrons. The summed E-state index contributed by atoms with van der Waals surface area (Å²) in [5, 5.41) is 11.1. The number of likely N-dealkylation sites (N-methyl/N-ethyl adjacent to an activating group) is 1. The second kappa shape index (κ2) is 12.6. The fourth-order valence-electron chi connectivity index (χ4n) is 6.42. The lowest BCUT2D eigenvalue weighted by Crippen LogP contribution is -2.64. The number of aryl methyl sites for hydroxylation is 1. The van der Waals surface area contributed by atoms with Crippen LogP contribution in [0.1, 0.15) is 42.1 Å². The maximum absolute atomic E-state index is 12.0. The molecule has 1 unspecified atom stereocenters. The average Bonchev–Trinajstić information content (AvgIpc) is 3.44. The molecular weight excluding hydrogens is 576 g/mol. The summed E-state index contributed by atoms with van der Waals surface area (Å²) in [4.78, 5) is 39.3. The first-order valence-corrected chi connectivity index (χ1v) is 15.4. The molecule has 0 spiro atoms. The molecule has 2 fully saturated rings. The van der Waals surface area contributed by atoms with Gasteiger partial charge in [-0.2, -0.15) is 11.8 Å². The van der Waals surface area contributed by atoms with E-state index in [0.717, 1.165) is 29.7 Å². The number of nitrogens with zero attached hydrogens (tertiary/aromatic N) is 2. The van der Waals surface area contributed by atoms with Crippen LogP contribution in [0.2, 0.25) is 0 Å². The Kier molecular flexibility index (Phi) is 9.10. The molecule has 43 heavy (non-hydrogen) atoms. The van der Waals surface area contributed by atoms with Crippen molar-refractivity contribution in [2.45, 2.75) is 58.3 Å². The second-order valence-corrected chi connectivity index (χ2v) is 12.3. The summed E-state index contributed by atoms with van der Waals surface area (Å²) in [6, 6.07) is 5.93. The summed E-state index contributed by atoms with van der Waals surface area (Å²) in [6.07, 6.45) is 0.849. The van der Waals surface area contributed by atoms with Crippen LogP contribution >= 0.6 is 11.8 Å². The van der Waals surface area contributed by atoms with Crippen molar-refractivity contribution in [1.29, 1.82) is 0 Å². The number of rotatable bonds is 2. The monoisotopic (exact) mass is 614 g/mol. The minimum atomic E-state index is -0.736. The SMILES string of the molecule is CC(=O)Oc1ccc2c(c1C)OCO2.COc1c(C)cc2c(c1O)[C@@H]1C3CSCC(=O)C(=O)OC[C@@H](C)N3C[C@H](C2)N1C. The number of ketones is 1. The Hall–Kier alpha value is -3.48. The zero-order valence-electron chi connectivity index (χ0n) is 25.3. The second-order valence-electron chi connectivity index (χ2n) is 11.3. The number of aromatic hydroxyl groups is 1. The number of phenolic OH excluding ortho intramolecular Hbond substituents is 1. The van der Waals surface area contributed by atoms with E-state index in [1.807, 2.05) is 20.8 Å². The molecule has 2 saturated heterocycles. The first-order chi connectivity index (χ1) is 20.5. The Morgan fingerprint density at radius 1 is 1.16 bits per heavy atom. The predicted molar refractivity (Wildman–Crippen MR) is 159 cm³/mol. The molecule has 4 aliphatic heterocycles. The summed E-state index contributed by atoms with van der Waals surface area (Å²) in [5.74, 6) is 1.86. The van der Waals surface area contributed by atoms with Crippen molar-refractivity contribution in [3.63, 3.8) is 0 Å². The zero-order valence-corrected chi connectivity index (χ0v) is 26.1. The number of phenols is 1. The standard InChI is InChI=1S/C21H28N2O5S.C10H10O4/c1-11-5-13-6-14-7-23-12(2)8-28-21(26)16(24)10-29-9-15(23)18(22(14)3)17(13)19(25)20(11)27-4;1-6-8(14-7(2)11)3-4-9-10(6)13-5-12-9/h5,12,14-15,18,25H,6-10H2,1-4H3;3-4H,5H2,1-2H3/t12-,14+,15?,18+;/m1./s1. The topological polar surface area (TPSA) is 124 Å². The van der Waals surface area contributed by atoms with Gasteiger partial charge in [-0.25, -0.2) is 4.79 Å². The molecule has 0 aromatic heterocycles. The fraction of sp³-hybridized carbons (Fsp3) is 0.516. The van der Waals surface area contributed by atoms with Gasteiger partial charge in [-0.1, -0.05) is 6.07 Å². The van der Waals surface area contributed by atoms with Gasteiger partial charge in [0.15, 0.2) is 23.0 Å². The molecule has 2 aromatic carbocycles. The van der Waals surface area contributed by atoms with Crippen LogP contribution in [-0.4, -0.2) is 96.4 Å². The first kappa shape index (κ1) is 31.0. The molecule has 4 atom stereocenters. The fourth-order valence-corrected chi connectivity index (χ4v) is 7.46. The molecule has 0 aliphatic carbocycles. The summed E-state index contributed by atoms with van der Waals surface area (Å²) < 4.78 is 26.2. The molecule has 12 heteroatoms. The lowest BCUT2D eigenvalue weighted by Gasteiger charge is -2.55. The zero-order chi connectivity index (χ0) is 31.0. The van der Waals surface area contributed by atoms with Gasteiger partial charge in [0.25, 0.3) is 0 Å². The third-order valence-corrected chi connectivity index (χ3v) is 9.55. The van der Waals surface area contributed by atoms with Crippen LogP contribution in [0.15, 0.2) is 18.2 Å². The van der Waals surface area contributed by atoms with Gasteiger partial charge < -0.3 is 28.8 Å². The lowest BCUT2D eigenvalue weighted by molar-refractivity contribution is -0.155. The highest BCUT2D eigenvalue weighted by Gasteiger charge is 2.48. The van der Waals surface area contributed by atoms with Crippen LogP contribution in [0.3, 0.4) is 0 Å². The van der Waals surface area contributed by atoms with Crippen molar-refractivity contribution < 1.29 is 43.2 Å². The molecule has 232 valence electrons. The van der Waals surface area contributed by atoms with E-state index in [0.29, 0.717) is 34.8 Å². The number of piperazine rings is 1. The van der Waals surface area contributed by atoms with E-state index >= 15 is 0 Å². The Balaban J connectivity index is 0.000000220. The number of esters is 2. The van der Waals surface area contributed by atoms with Crippen LogP contribution in [-0.2, 0) is 25.5 Å². The van der Waals surface area contributed by atoms with Crippen molar-refractivity contribution in [3.8, 4) is 28.7 Å². The minimum Gasteiger partial charge on any atom is -0.504 e. The Labute approximate surface area is 255 Å². The Bertz CT molecular complexity index is 1430. The third-order valence-electron chi connectivity index (χ3n) is 8.51. The van der Waals surface area contributed by atoms with E-state index in [1.54, 1.807) is 19.2 Å². The molecule has 1 N–H and O–H groups in total. The van der Waals surface area contributed by atoms with Gasteiger partial charge in [0.05, 0.1) is 18.9 Å². The number of carbonyl (C=O) groups is 3. The van der Waals surface area contributed by atoms with Crippen molar-refractivity contribution in [3.05, 3.63) is 40.5 Å². The van der Waals surface area contributed by atoms with E-state index in [4.69, 9.17) is 23.7 Å². The van der Waals surface area contributed by atoms with Gasteiger partial charge in [0.2, 0.25) is 12.6 Å². The van der Waals surface area contributed by atoms with Crippen LogP contribution in [0, 0.1) is 13.8 Å². The molecule has 2 aromatic rings. The number of methoxy groups -OCH3 is 1. The minimum absolute atomic E-state index is 0.00909. The summed E-state index contributed by atoms with van der Waals surface area (Å²) >= 11 is 1.46. The van der Waals surface area contributed by atoms with Crippen LogP contribution < -0.4 is 18.9 Å². The van der Waals surface area contributed by atoms with Crippen LogP contribution in [0.25, 0.3) is 0 Å². The molecular formula is C31H38N2O9S. The van der Waals surface area contributed by atoms with Crippen molar-refractivity contribution in [2.75, 3.05) is 45.6 Å². The van der Waals surface area contributed by atoms with E-state index < -0.39 is 11.8 Å². The molecule has 0 saturated carbocycles. The van der Waals surface area contributed by atoms with Gasteiger partial charge >= 0.3 is 11.9 Å². The number of hydrogen-bond acceptors (Lipinski definition) is 12. The van der Waals surface area contributed by atoms with Crippen molar-refractivity contribution in [1.82, 2.24) is 9.80 Å². The highest BCUT2D eigenvalue weighted by molar-refractivity contribution is 8.00. The largest absolute Gasteiger partial charge is 0.504 e. The number of thioether (sulfide) groups is 1. The predicted octanol–water partition coefficient (Wildman–Crippen LogP) is 3.19. The smallest absolute Gasteiger partial charge is 0.375 e. The number of carbonyl (C=O) groups excluding carboxylic acids is 3. The third kappa shape index (κ3) is 6.00. The summed E-state index contributed by atoms with van der Waals surface area (Å²) in [7, 11) is 3.69. The van der Waals surface area contributed by atoms with Crippen LogP contribution in [0.5, 0.6) is 28.7 Å². The number of benzene rings is 2. The molecule has 0 amide bonds. The number of hydrogen-bond donors (Lipinski definition) is 1. The molecule has 2 bridgehead atoms. The van der Waals surface area contributed by atoms with Crippen LogP contribution in [0.4, 0.5) is 0 Å². The summed E-state index contributed by atoms with van der Waals surface area (Å²) in [5.41, 5.74) is 3.82. The Morgan fingerprint density at radius 3 is 2.65 bits per heavy atom. The Morgan fingerprint density at radius 2 is 1.93 bits per heavy atom. The number of fused-ring (bicyclic) bond motifs is 7. The molecule has 6 rings (SSSR count). The van der Waals surface area contributed by atoms with Gasteiger partial charge in [-0.05, 0) is 57.5 Å². The van der Waals surface area contributed by atoms with Gasteiger partial charge in [-0.3, -0.25) is 19.4 Å². The van der Waals surface area contributed by atoms with E-state index in [2.05, 4.69) is 22.9 Å².